The van der Waals surface area contributed by atoms with Gasteiger partial charge in [0, 0.05) is 79.1 Å². The number of anilines is 1. The molecule has 0 N–H and O–H groups in total. The molecule has 1 saturated heterocycles. The number of benzene rings is 5. The largest absolute Gasteiger partial charge is 0.489 e. The lowest BCUT2D eigenvalue weighted by Gasteiger charge is -2.36. The number of rotatable bonds is 13. The molecule has 0 saturated carbocycles. The van der Waals surface area contributed by atoms with Crippen LogP contribution in [0.1, 0.15) is 17.5 Å². The molecule has 302 valence electrons. The van der Waals surface area contributed by atoms with E-state index in [1.165, 1.54) is 35.1 Å². The summed E-state index contributed by atoms with van der Waals surface area (Å²) in [5, 5.41) is 19.8. The number of non-ortho nitro benzene ring substituents is 1. The molecule has 0 amide bonds. The van der Waals surface area contributed by atoms with Crippen molar-refractivity contribution in [3.05, 3.63) is 139 Å². The zero-order valence-corrected chi connectivity index (χ0v) is 33.1. The van der Waals surface area contributed by atoms with E-state index in [1.807, 2.05) is 36.4 Å². The zero-order chi connectivity index (χ0) is 41.2. The molecule has 6 aromatic rings. The van der Waals surface area contributed by atoms with E-state index in [9.17, 15) is 24.5 Å². The predicted molar refractivity (Wildman–Crippen MR) is 225 cm³/mol. The molecule has 4 aromatic carbocycles. The zero-order valence-electron chi connectivity index (χ0n) is 31.5. The highest BCUT2D eigenvalue weighted by Crippen LogP contribution is 2.34. The summed E-state index contributed by atoms with van der Waals surface area (Å²) in [4.78, 5) is 57.8. The van der Waals surface area contributed by atoms with Crippen molar-refractivity contribution in [3.63, 3.8) is 0 Å². The molecule has 1 fully saturated rings. The van der Waals surface area contributed by atoms with Crippen LogP contribution in [0.15, 0.2) is 125 Å². The van der Waals surface area contributed by atoms with E-state index in [4.69, 9.17) is 22.9 Å². The van der Waals surface area contributed by atoms with Gasteiger partial charge in [-0.1, -0.05) is 33.7 Å². The quantitative estimate of drug-likeness (QED) is 0.0162. The summed E-state index contributed by atoms with van der Waals surface area (Å²) in [5.74, 6) is 1.44. The first-order valence-corrected chi connectivity index (χ1v) is 21.0. The Hall–Kier alpha value is -6.76. The molecule has 60 heavy (non-hydrogen) atoms. The highest BCUT2D eigenvalue weighted by Gasteiger charge is 2.25. The summed E-state index contributed by atoms with van der Waals surface area (Å²) in [6.07, 6.45) is 0.178. The minimum Gasteiger partial charge on any atom is -0.489 e. The van der Waals surface area contributed by atoms with Crippen LogP contribution in [0.4, 0.5) is 11.4 Å². The fourth-order valence-electron chi connectivity index (χ4n) is 6.94. The number of nitro benzene ring substituents is 1. The van der Waals surface area contributed by atoms with Gasteiger partial charge in [0.05, 0.1) is 17.0 Å². The minimum absolute atomic E-state index is 0.111. The summed E-state index contributed by atoms with van der Waals surface area (Å²) in [5.41, 5.74) is 4.24. The number of fused-ring (bicyclic) bond motifs is 4. The molecule has 1 aliphatic carbocycles. The molecule has 0 atom stereocenters. The Balaban J connectivity index is 0.734. The lowest BCUT2D eigenvalue weighted by molar-refractivity contribution is -0.383. The third kappa shape index (κ3) is 8.52. The number of esters is 1. The third-order valence-corrected chi connectivity index (χ3v) is 12.3. The van der Waals surface area contributed by atoms with Gasteiger partial charge in [0.25, 0.3) is 0 Å². The molecular weight excluding hydrogens is 813 g/mol. The fourth-order valence-corrected chi connectivity index (χ4v) is 8.89. The van der Waals surface area contributed by atoms with E-state index in [-0.39, 0.29) is 28.8 Å². The molecule has 18 heteroatoms. The molecule has 2 aliphatic heterocycles. The molecule has 9 rings (SSSR count). The Kier molecular flexibility index (Phi) is 10.9. The van der Waals surface area contributed by atoms with E-state index >= 15 is 0 Å². The van der Waals surface area contributed by atoms with E-state index in [0.717, 1.165) is 21.4 Å². The van der Waals surface area contributed by atoms with Crippen molar-refractivity contribution in [2.24, 2.45) is 0 Å². The average Bonchev–Trinajstić information content (AvgIpc) is 3.74. The first-order valence-electron chi connectivity index (χ1n) is 18.7. The molecule has 0 spiro atoms. The molecule has 0 unspecified atom stereocenters. The van der Waals surface area contributed by atoms with Crippen molar-refractivity contribution in [1.29, 1.82) is 0 Å². The maximum Gasteiger partial charge on any atom is 0.336 e. The minimum atomic E-state index is -0.511. The van der Waals surface area contributed by atoms with E-state index in [2.05, 4.69) is 25.1 Å². The van der Waals surface area contributed by atoms with E-state index in [0.29, 0.717) is 90.2 Å². The third-order valence-electron chi connectivity index (χ3n) is 9.91. The lowest BCUT2D eigenvalue weighted by Crippen LogP contribution is -2.46. The number of aromatic nitrogens is 3. The van der Waals surface area contributed by atoms with Gasteiger partial charge in [-0.3, -0.25) is 24.6 Å². The Morgan fingerprint density at radius 2 is 1.63 bits per heavy atom. The second kappa shape index (κ2) is 16.8. The van der Waals surface area contributed by atoms with Crippen LogP contribution in [0.25, 0.3) is 44.6 Å². The first kappa shape index (κ1) is 38.7. The summed E-state index contributed by atoms with van der Waals surface area (Å²) < 4.78 is 27.8. The molecule has 2 aromatic heterocycles. The number of hydrogen-bond acceptors (Lipinski definition) is 17. The summed E-state index contributed by atoms with van der Waals surface area (Å²) in [6, 6.07) is 27.5. The van der Waals surface area contributed by atoms with Gasteiger partial charge in [-0.2, -0.15) is 0 Å². The standard InChI is InChI=1S/C42H32N6O10S2/c49-27-3-9-32-37(20-27)56-38-21-28(5-10-33(38)43-32)54-24-25-1-6-30(7-2-25)60-59-18-13-39(50)55-29-4-8-31-26(19-40(51)57-36(31)22-29)23-46-14-16-47(17-15-46)34-11-12-35(48(52)53)42-41(34)44-58-45-42/h1-12,19-22H,13-18,23-24H2. The van der Waals surface area contributed by atoms with Gasteiger partial charge < -0.3 is 23.2 Å². The number of piperazine rings is 1. The Morgan fingerprint density at radius 3 is 2.47 bits per heavy atom. The van der Waals surface area contributed by atoms with Crippen LogP contribution in [-0.4, -0.2) is 63.0 Å². The number of ether oxygens (including phenoxy) is 2. The smallest absolute Gasteiger partial charge is 0.336 e. The normalized spacial score (nSPS) is 13.4. The van der Waals surface area contributed by atoms with Gasteiger partial charge in [-0.25, -0.2) is 14.4 Å². The van der Waals surface area contributed by atoms with Crippen LogP contribution in [0.5, 0.6) is 11.5 Å². The van der Waals surface area contributed by atoms with Crippen molar-refractivity contribution in [2.45, 2.75) is 24.5 Å². The van der Waals surface area contributed by atoms with Crippen LogP contribution < -0.4 is 25.4 Å². The van der Waals surface area contributed by atoms with Crippen LogP contribution in [-0.2, 0) is 17.9 Å². The average molecular weight is 845 g/mol. The van der Waals surface area contributed by atoms with E-state index in [1.54, 1.807) is 47.2 Å². The lowest BCUT2D eigenvalue weighted by atomic mass is 10.1. The molecule has 3 aliphatic rings. The van der Waals surface area contributed by atoms with Gasteiger partial charge in [-0.15, -0.1) is 0 Å². The van der Waals surface area contributed by atoms with Crippen LogP contribution in [0.2, 0.25) is 0 Å². The van der Waals surface area contributed by atoms with Crippen molar-refractivity contribution in [2.75, 3.05) is 36.8 Å². The number of nitro groups is 1. The molecule has 0 bridgehead atoms. The Labute approximate surface area is 346 Å². The van der Waals surface area contributed by atoms with Crippen LogP contribution >= 0.6 is 21.6 Å². The van der Waals surface area contributed by atoms with E-state index < -0.39 is 16.5 Å². The number of carbonyl (C=O) groups excluding carboxylic acids is 1. The highest BCUT2D eigenvalue weighted by atomic mass is 33.1. The Morgan fingerprint density at radius 1 is 0.833 bits per heavy atom. The Bertz CT molecular complexity index is 2980. The first-order chi connectivity index (χ1) is 29.2. The van der Waals surface area contributed by atoms with Crippen molar-refractivity contribution >= 4 is 72.0 Å². The molecular formula is C42H32N6O10S2. The summed E-state index contributed by atoms with van der Waals surface area (Å²) in [6.45, 7) is 3.39. The molecule has 4 heterocycles. The van der Waals surface area contributed by atoms with Gasteiger partial charge in [0.2, 0.25) is 5.52 Å². The molecule has 0 radical (unpaired) electrons. The SMILES string of the molecule is O=C(CCSSc1ccc(COc2ccc3nc4ccc(=O)cc-4oc3c2)cc1)Oc1ccc2c(CN3CCN(c4ccc([N+](=O)[O-])c5nonc45)CC3)cc(=O)oc2c1. The summed E-state index contributed by atoms with van der Waals surface area (Å²) in [7, 11) is 3.09. The maximum absolute atomic E-state index is 12.7. The highest BCUT2D eigenvalue weighted by molar-refractivity contribution is 8.76. The fraction of sp³-hybridized carbons (Fsp3) is 0.190. The van der Waals surface area contributed by atoms with Gasteiger partial charge >= 0.3 is 17.3 Å². The van der Waals surface area contributed by atoms with Crippen molar-refractivity contribution in [1.82, 2.24) is 20.2 Å². The topological polar surface area (TPSA) is 197 Å². The predicted octanol–water partition coefficient (Wildman–Crippen LogP) is 7.48. The number of carbonyl (C=O) groups is 1. The molecule has 16 nitrogen and oxygen atoms in total. The number of nitrogens with zero attached hydrogens (tertiary/aromatic N) is 6. The van der Waals surface area contributed by atoms with Gasteiger partial charge in [0.15, 0.2) is 22.3 Å². The maximum atomic E-state index is 12.7. The van der Waals surface area contributed by atoms with Crippen molar-refractivity contribution < 1.29 is 32.7 Å². The van der Waals surface area contributed by atoms with Gasteiger partial charge in [0.1, 0.15) is 34.9 Å². The second-order valence-corrected chi connectivity index (χ2v) is 16.4. The monoisotopic (exact) mass is 844 g/mol. The second-order valence-electron chi connectivity index (χ2n) is 13.9. The van der Waals surface area contributed by atoms with Gasteiger partial charge in [-0.05, 0) is 76.0 Å². The van der Waals surface area contributed by atoms with Crippen molar-refractivity contribution in [3.8, 4) is 23.0 Å². The number of hydrogen-bond donors (Lipinski definition) is 0. The van der Waals surface area contributed by atoms with Crippen LogP contribution in [0.3, 0.4) is 0 Å². The summed E-state index contributed by atoms with van der Waals surface area (Å²) >= 11 is 0. The van der Waals surface area contributed by atoms with Crippen LogP contribution in [0, 0.1) is 10.1 Å².